The van der Waals surface area contributed by atoms with Crippen LogP contribution in [0.4, 0.5) is 5.69 Å². The largest absolute Gasteiger partial charge is 0.491 e. The number of nitrogens with one attached hydrogen (secondary N) is 2. The van der Waals surface area contributed by atoms with E-state index in [4.69, 9.17) is 4.74 Å². The molecular formula is C22H25N5OS. The highest BCUT2D eigenvalue weighted by molar-refractivity contribution is 8.00. The van der Waals surface area contributed by atoms with Gasteiger partial charge in [-0.25, -0.2) is 0 Å². The first kappa shape index (κ1) is 19.5. The van der Waals surface area contributed by atoms with Gasteiger partial charge in [-0.15, -0.1) is 10.2 Å². The number of rotatable bonds is 7. The van der Waals surface area contributed by atoms with Crippen LogP contribution in [-0.2, 0) is 0 Å². The number of benzene rings is 2. The highest BCUT2D eigenvalue weighted by Crippen LogP contribution is 2.33. The van der Waals surface area contributed by atoms with E-state index in [1.165, 1.54) is 11.3 Å². The highest BCUT2D eigenvalue weighted by atomic mass is 32.2. The molecule has 2 N–H and O–H groups in total. The molecule has 2 aromatic carbocycles. The zero-order valence-electron chi connectivity index (χ0n) is 16.8. The van der Waals surface area contributed by atoms with Crippen molar-refractivity contribution in [3.63, 3.8) is 0 Å². The molecule has 0 aliphatic carbocycles. The third-order valence-electron chi connectivity index (χ3n) is 4.54. The Morgan fingerprint density at radius 3 is 2.72 bits per heavy atom. The van der Waals surface area contributed by atoms with Gasteiger partial charge in [0.2, 0.25) is 0 Å². The number of hydrogen-bond donors (Lipinski definition) is 2. The predicted octanol–water partition coefficient (Wildman–Crippen LogP) is 4.60. The fourth-order valence-corrected chi connectivity index (χ4v) is 3.86. The molecule has 6 nitrogen and oxygen atoms in total. The van der Waals surface area contributed by atoms with Crippen LogP contribution < -0.4 is 14.8 Å². The van der Waals surface area contributed by atoms with Crippen LogP contribution in [0.5, 0.6) is 5.75 Å². The summed E-state index contributed by atoms with van der Waals surface area (Å²) in [5, 5.41) is 11.9. The Morgan fingerprint density at radius 2 is 2.00 bits per heavy atom. The smallest absolute Gasteiger partial charge is 0.170 e. The zero-order valence-corrected chi connectivity index (χ0v) is 17.7. The minimum Gasteiger partial charge on any atom is -0.491 e. The molecule has 1 aromatic heterocycles. The topological polar surface area (TPSA) is 64.0 Å². The minimum atomic E-state index is 0.171. The first-order valence-electron chi connectivity index (χ1n) is 9.71. The zero-order chi connectivity index (χ0) is 20.2. The maximum Gasteiger partial charge on any atom is 0.170 e. The summed E-state index contributed by atoms with van der Waals surface area (Å²) in [5.74, 6) is 1.72. The lowest BCUT2D eigenvalue weighted by Crippen LogP contribution is -2.10. The Bertz CT molecular complexity index is 1010. The summed E-state index contributed by atoms with van der Waals surface area (Å²) in [5.41, 5.74) is 4.39. The fourth-order valence-electron chi connectivity index (χ4n) is 3.18. The van der Waals surface area contributed by atoms with Crippen molar-refractivity contribution in [1.29, 1.82) is 0 Å². The standard InChI is InChI=1S/C22H25N5OS/c1-15(2)28-18-5-7-19(8-6-18)29-26-21-9-4-16(3)12-20(21)22-25-24-14-27(22)17-10-11-23-13-17/h4-10,12,14-15,23,26H,11,13H2,1-3H3. The lowest BCUT2D eigenvalue weighted by molar-refractivity contribution is 0.242. The first-order valence-corrected chi connectivity index (χ1v) is 10.5. The van der Waals surface area contributed by atoms with E-state index in [0.717, 1.165) is 40.8 Å². The molecule has 3 aromatic rings. The number of ether oxygens (including phenoxy) is 1. The van der Waals surface area contributed by atoms with Gasteiger partial charge in [0.1, 0.15) is 12.1 Å². The second-order valence-electron chi connectivity index (χ2n) is 7.24. The number of aryl methyl sites for hydroxylation is 1. The van der Waals surface area contributed by atoms with E-state index in [1.807, 2.05) is 26.0 Å². The van der Waals surface area contributed by atoms with Crippen LogP contribution in [0.2, 0.25) is 0 Å². The summed E-state index contributed by atoms with van der Waals surface area (Å²) >= 11 is 1.57. The molecule has 0 saturated carbocycles. The highest BCUT2D eigenvalue weighted by Gasteiger charge is 2.16. The molecular weight excluding hydrogens is 382 g/mol. The van der Waals surface area contributed by atoms with E-state index < -0.39 is 0 Å². The van der Waals surface area contributed by atoms with Crippen molar-refractivity contribution >= 4 is 23.3 Å². The molecule has 1 aliphatic heterocycles. The molecule has 0 bridgehead atoms. The van der Waals surface area contributed by atoms with Crippen LogP contribution in [0, 0.1) is 6.92 Å². The minimum absolute atomic E-state index is 0.171. The van der Waals surface area contributed by atoms with Crippen LogP contribution in [0.25, 0.3) is 17.1 Å². The van der Waals surface area contributed by atoms with E-state index in [0.29, 0.717) is 0 Å². The second kappa shape index (κ2) is 8.71. The summed E-state index contributed by atoms with van der Waals surface area (Å²) < 4.78 is 11.3. The molecule has 0 atom stereocenters. The summed E-state index contributed by atoms with van der Waals surface area (Å²) in [6.45, 7) is 7.83. The Morgan fingerprint density at radius 1 is 1.17 bits per heavy atom. The van der Waals surface area contributed by atoms with Gasteiger partial charge in [-0.1, -0.05) is 11.6 Å². The maximum absolute atomic E-state index is 5.72. The molecule has 7 heteroatoms. The molecule has 0 amide bonds. The van der Waals surface area contributed by atoms with Crippen molar-refractivity contribution in [3.8, 4) is 17.1 Å². The SMILES string of the molecule is Cc1ccc(NSc2ccc(OC(C)C)cc2)c(-c2nncn2C2=CCNC2)c1. The van der Waals surface area contributed by atoms with Crippen molar-refractivity contribution < 1.29 is 4.74 Å². The second-order valence-corrected chi connectivity index (χ2v) is 8.12. The molecule has 0 unspecified atom stereocenters. The van der Waals surface area contributed by atoms with Gasteiger partial charge < -0.3 is 14.8 Å². The van der Waals surface area contributed by atoms with Crippen LogP contribution in [-0.4, -0.2) is 34.0 Å². The first-order chi connectivity index (χ1) is 14.1. The van der Waals surface area contributed by atoms with Crippen molar-refractivity contribution in [1.82, 2.24) is 20.1 Å². The van der Waals surface area contributed by atoms with E-state index in [2.05, 4.69) is 68.1 Å². The van der Waals surface area contributed by atoms with E-state index in [9.17, 15) is 0 Å². The number of hydrogen-bond acceptors (Lipinski definition) is 6. The summed E-state index contributed by atoms with van der Waals surface area (Å²) in [6, 6.07) is 14.4. The molecule has 0 spiro atoms. The number of aromatic nitrogens is 3. The molecule has 0 saturated heterocycles. The third kappa shape index (κ3) is 4.63. The summed E-state index contributed by atoms with van der Waals surface area (Å²) in [7, 11) is 0. The summed E-state index contributed by atoms with van der Waals surface area (Å²) in [6.07, 6.45) is 4.12. The Kier molecular flexibility index (Phi) is 5.87. The lowest BCUT2D eigenvalue weighted by Gasteiger charge is -2.14. The summed E-state index contributed by atoms with van der Waals surface area (Å²) in [4.78, 5) is 1.11. The van der Waals surface area contributed by atoms with Crippen molar-refractivity contribution in [3.05, 3.63) is 60.4 Å². The Hall–Kier alpha value is -2.77. The van der Waals surface area contributed by atoms with Gasteiger partial charge in [0.25, 0.3) is 0 Å². The quantitative estimate of drug-likeness (QED) is 0.558. The van der Waals surface area contributed by atoms with Gasteiger partial charge in [-0.2, -0.15) is 0 Å². The van der Waals surface area contributed by atoms with Crippen LogP contribution in [0.15, 0.2) is 59.8 Å². The molecule has 0 fully saturated rings. The van der Waals surface area contributed by atoms with Gasteiger partial charge >= 0.3 is 0 Å². The Labute approximate surface area is 175 Å². The van der Waals surface area contributed by atoms with Crippen LogP contribution >= 0.6 is 11.9 Å². The molecule has 29 heavy (non-hydrogen) atoms. The molecule has 1 aliphatic rings. The maximum atomic E-state index is 5.72. The van der Waals surface area contributed by atoms with Crippen molar-refractivity contribution in [2.45, 2.75) is 31.8 Å². The number of anilines is 1. The fraction of sp³-hybridized carbons (Fsp3) is 0.273. The van der Waals surface area contributed by atoms with Gasteiger partial charge in [0.05, 0.1) is 11.8 Å². The van der Waals surface area contributed by atoms with E-state index >= 15 is 0 Å². The molecule has 4 rings (SSSR count). The monoisotopic (exact) mass is 407 g/mol. The van der Waals surface area contributed by atoms with Gasteiger partial charge in [0, 0.05) is 29.2 Å². The molecule has 0 radical (unpaired) electrons. The lowest BCUT2D eigenvalue weighted by atomic mass is 10.1. The van der Waals surface area contributed by atoms with Gasteiger partial charge in [0.15, 0.2) is 5.82 Å². The Balaban J connectivity index is 1.56. The van der Waals surface area contributed by atoms with Gasteiger partial charge in [-0.3, -0.25) is 4.57 Å². The van der Waals surface area contributed by atoms with Crippen LogP contribution in [0.1, 0.15) is 19.4 Å². The molecule has 2 heterocycles. The molecule has 150 valence electrons. The third-order valence-corrected chi connectivity index (χ3v) is 5.37. The average molecular weight is 408 g/mol. The average Bonchev–Trinajstić information content (AvgIpc) is 3.39. The number of nitrogens with zero attached hydrogens (tertiary/aromatic N) is 3. The van der Waals surface area contributed by atoms with E-state index in [1.54, 1.807) is 18.3 Å². The van der Waals surface area contributed by atoms with Crippen molar-refractivity contribution in [2.24, 2.45) is 0 Å². The van der Waals surface area contributed by atoms with Gasteiger partial charge in [-0.05, 0) is 75.2 Å². The normalized spacial score (nSPS) is 13.6. The van der Waals surface area contributed by atoms with Crippen molar-refractivity contribution in [2.75, 3.05) is 17.8 Å². The van der Waals surface area contributed by atoms with E-state index in [-0.39, 0.29) is 6.10 Å². The van der Waals surface area contributed by atoms with Crippen LogP contribution in [0.3, 0.4) is 0 Å². The predicted molar refractivity (Wildman–Crippen MR) is 119 cm³/mol.